The second kappa shape index (κ2) is 8.13. The number of piperazine rings is 1. The van der Waals surface area contributed by atoms with Gasteiger partial charge in [-0.2, -0.15) is 8.61 Å². The number of sulfonamides is 2. The molecule has 0 atom stereocenters. The first kappa shape index (κ1) is 22.5. The third-order valence-corrected chi connectivity index (χ3v) is 8.13. The molecule has 1 heterocycles. The molecule has 1 aliphatic heterocycles. The SMILES string of the molecule is O=S(=O)(c1ccc(OC(F)(F)F)cc1)N1CCN(S(=O)(=O)c2cccc(F)c2)CC1. The van der Waals surface area contributed by atoms with Crippen molar-refractivity contribution in [1.82, 2.24) is 8.61 Å². The van der Waals surface area contributed by atoms with E-state index >= 15 is 0 Å². The molecule has 1 saturated heterocycles. The van der Waals surface area contributed by atoms with Crippen molar-refractivity contribution in [2.75, 3.05) is 26.2 Å². The van der Waals surface area contributed by atoms with Gasteiger partial charge < -0.3 is 4.74 Å². The largest absolute Gasteiger partial charge is 0.573 e. The summed E-state index contributed by atoms with van der Waals surface area (Å²) in [4.78, 5) is -0.488. The number of nitrogens with zero attached hydrogens (tertiary/aromatic N) is 2. The van der Waals surface area contributed by atoms with E-state index in [1.165, 1.54) is 12.1 Å². The predicted octanol–water partition coefficient (Wildman–Crippen LogP) is 2.42. The Hall–Kier alpha value is -2.22. The number of ether oxygens (including phenoxy) is 1. The Labute approximate surface area is 170 Å². The highest BCUT2D eigenvalue weighted by Crippen LogP contribution is 2.26. The molecule has 0 saturated carbocycles. The maximum atomic E-state index is 13.3. The minimum absolute atomic E-state index is 0.159. The van der Waals surface area contributed by atoms with E-state index in [1.807, 2.05) is 0 Å². The van der Waals surface area contributed by atoms with Gasteiger partial charge in [-0.25, -0.2) is 21.2 Å². The van der Waals surface area contributed by atoms with Crippen molar-refractivity contribution in [2.24, 2.45) is 0 Å². The molecule has 164 valence electrons. The third-order valence-electron chi connectivity index (χ3n) is 4.33. The van der Waals surface area contributed by atoms with Gasteiger partial charge in [0.2, 0.25) is 20.0 Å². The Morgan fingerprint density at radius 2 is 1.27 bits per heavy atom. The van der Waals surface area contributed by atoms with E-state index in [0.29, 0.717) is 0 Å². The zero-order chi connectivity index (χ0) is 22.2. The Bertz CT molecular complexity index is 1110. The van der Waals surface area contributed by atoms with Crippen molar-refractivity contribution < 1.29 is 39.1 Å². The summed E-state index contributed by atoms with van der Waals surface area (Å²) in [6.45, 7) is -0.657. The highest BCUT2D eigenvalue weighted by atomic mass is 32.2. The van der Waals surface area contributed by atoms with Gasteiger partial charge in [-0.3, -0.25) is 0 Å². The van der Waals surface area contributed by atoms with Gasteiger partial charge in [0.15, 0.2) is 0 Å². The fourth-order valence-corrected chi connectivity index (χ4v) is 5.77. The number of alkyl halides is 3. The molecule has 0 spiro atoms. The van der Waals surface area contributed by atoms with Crippen LogP contribution in [-0.2, 0) is 20.0 Å². The van der Waals surface area contributed by atoms with E-state index in [9.17, 15) is 34.4 Å². The maximum Gasteiger partial charge on any atom is 0.573 e. The minimum Gasteiger partial charge on any atom is -0.406 e. The molecule has 0 aromatic heterocycles. The summed E-state index contributed by atoms with van der Waals surface area (Å²) < 4.78 is 106. The van der Waals surface area contributed by atoms with Crippen molar-refractivity contribution in [1.29, 1.82) is 0 Å². The molecule has 0 unspecified atom stereocenters. The first-order valence-corrected chi connectivity index (χ1v) is 11.4. The summed E-state index contributed by atoms with van der Waals surface area (Å²) >= 11 is 0. The van der Waals surface area contributed by atoms with Gasteiger partial charge in [0, 0.05) is 26.2 Å². The second-order valence-corrected chi connectivity index (χ2v) is 10.2. The average molecular weight is 468 g/mol. The van der Waals surface area contributed by atoms with Crippen LogP contribution in [0.1, 0.15) is 0 Å². The number of benzene rings is 2. The maximum absolute atomic E-state index is 13.3. The van der Waals surface area contributed by atoms with Crippen LogP contribution in [0, 0.1) is 5.82 Å². The fourth-order valence-electron chi connectivity index (χ4n) is 2.89. The van der Waals surface area contributed by atoms with Gasteiger partial charge in [0.05, 0.1) is 9.79 Å². The summed E-state index contributed by atoms with van der Waals surface area (Å²) in [5.41, 5.74) is 0. The Morgan fingerprint density at radius 1 is 0.767 bits per heavy atom. The van der Waals surface area contributed by atoms with Crippen LogP contribution < -0.4 is 4.74 Å². The zero-order valence-corrected chi connectivity index (χ0v) is 16.8. The lowest BCUT2D eigenvalue weighted by molar-refractivity contribution is -0.274. The van der Waals surface area contributed by atoms with E-state index in [1.54, 1.807) is 0 Å². The summed E-state index contributed by atoms with van der Waals surface area (Å²) in [6.07, 6.45) is -4.90. The zero-order valence-electron chi connectivity index (χ0n) is 15.2. The van der Waals surface area contributed by atoms with Crippen LogP contribution in [0.4, 0.5) is 17.6 Å². The van der Waals surface area contributed by atoms with Crippen LogP contribution in [0.25, 0.3) is 0 Å². The monoisotopic (exact) mass is 468 g/mol. The quantitative estimate of drug-likeness (QED) is 0.630. The summed E-state index contributed by atoms with van der Waals surface area (Å²) in [5, 5.41) is 0. The van der Waals surface area contributed by atoms with Gasteiger partial charge in [-0.1, -0.05) is 6.07 Å². The molecule has 0 aliphatic carbocycles. The molecule has 0 N–H and O–H groups in total. The number of hydrogen-bond donors (Lipinski definition) is 0. The molecule has 1 aliphatic rings. The van der Waals surface area contributed by atoms with Crippen molar-refractivity contribution in [3.05, 3.63) is 54.3 Å². The fraction of sp³-hybridized carbons (Fsp3) is 0.294. The molecule has 2 aromatic carbocycles. The molecule has 0 amide bonds. The molecule has 13 heteroatoms. The van der Waals surface area contributed by atoms with Crippen LogP contribution in [0.2, 0.25) is 0 Å². The lowest BCUT2D eigenvalue weighted by Gasteiger charge is -2.33. The molecule has 0 radical (unpaired) electrons. The van der Waals surface area contributed by atoms with E-state index < -0.39 is 38.0 Å². The summed E-state index contributed by atoms with van der Waals surface area (Å²) in [5.74, 6) is -1.28. The highest BCUT2D eigenvalue weighted by molar-refractivity contribution is 7.89. The average Bonchev–Trinajstić information content (AvgIpc) is 2.67. The van der Waals surface area contributed by atoms with E-state index in [2.05, 4.69) is 4.74 Å². The molecule has 2 aromatic rings. The molecular formula is C17H16F4N2O5S2. The molecule has 1 fully saturated rings. The Kier molecular flexibility index (Phi) is 6.09. The van der Waals surface area contributed by atoms with Crippen LogP contribution in [0.5, 0.6) is 5.75 Å². The van der Waals surface area contributed by atoms with E-state index in [4.69, 9.17) is 0 Å². The molecule has 0 bridgehead atoms. The second-order valence-electron chi connectivity index (χ2n) is 6.28. The van der Waals surface area contributed by atoms with Crippen LogP contribution >= 0.6 is 0 Å². The van der Waals surface area contributed by atoms with Crippen LogP contribution in [0.15, 0.2) is 58.3 Å². The van der Waals surface area contributed by atoms with Crippen molar-refractivity contribution in [2.45, 2.75) is 16.2 Å². The standard InChI is InChI=1S/C17H16F4N2O5S2/c18-13-2-1-3-16(12-13)30(26,27)23-10-8-22(9-11-23)29(24,25)15-6-4-14(5-7-15)28-17(19,20)21/h1-7,12H,8-11H2. The lowest BCUT2D eigenvalue weighted by Crippen LogP contribution is -2.50. The highest BCUT2D eigenvalue weighted by Gasteiger charge is 2.34. The molecule has 7 nitrogen and oxygen atoms in total. The number of halogens is 4. The Morgan fingerprint density at radius 3 is 1.73 bits per heavy atom. The first-order chi connectivity index (χ1) is 13.9. The van der Waals surface area contributed by atoms with Crippen LogP contribution in [0.3, 0.4) is 0 Å². The predicted molar refractivity (Wildman–Crippen MR) is 97.0 cm³/mol. The summed E-state index contributed by atoms with van der Waals surface area (Å²) in [7, 11) is -8.04. The first-order valence-electron chi connectivity index (χ1n) is 8.51. The van der Waals surface area contributed by atoms with Crippen molar-refractivity contribution >= 4 is 20.0 Å². The van der Waals surface area contributed by atoms with Gasteiger partial charge in [-0.05, 0) is 42.5 Å². The molecule has 3 rings (SSSR count). The number of hydrogen-bond acceptors (Lipinski definition) is 5. The normalized spacial score (nSPS) is 17.1. The van der Waals surface area contributed by atoms with E-state index in [-0.39, 0.29) is 36.0 Å². The third kappa shape index (κ3) is 4.91. The molecule has 30 heavy (non-hydrogen) atoms. The van der Waals surface area contributed by atoms with E-state index in [0.717, 1.165) is 45.0 Å². The van der Waals surface area contributed by atoms with Crippen molar-refractivity contribution in [3.8, 4) is 5.75 Å². The minimum atomic E-state index is -4.90. The topological polar surface area (TPSA) is 84.0 Å². The van der Waals surface area contributed by atoms with Gasteiger partial charge in [-0.15, -0.1) is 13.2 Å². The van der Waals surface area contributed by atoms with Gasteiger partial charge >= 0.3 is 6.36 Å². The van der Waals surface area contributed by atoms with Gasteiger partial charge in [0.25, 0.3) is 0 Å². The molecular weight excluding hydrogens is 452 g/mol. The van der Waals surface area contributed by atoms with Gasteiger partial charge in [0.1, 0.15) is 11.6 Å². The lowest BCUT2D eigenvalue weighted by atomic mass is 10.3. The van der Waals surface area contributed by atoms with Crippen molar-refractivity contribution in [3.63, 3.8) is 0 Å². The Balaban J connectivity index is 1.71. The summed E-state index contributed by atoms with van der Waals surface area (Å²) in [6, 6.07) is 8.20. The van der Waals surface area contributed by atoms with Crippen LogP contribution in [-0.4, -0.2) is 58.0 Å². The number of rotatable bonds is 5. The smallest absolute Gasteiger partial charge is 0.406 e.